The van der Waals surface area contributed by atoms with Gasteiger partial charge in [-0.2, -0.15) is 11.8 Å². The summed E-state index contributed by atoms with van der Waals surface area (Å²) in [7, 11) is 0. The first-order chi connectivity index (χ1) is 9.04. The Morgan fingerprint density at radius 2 is 1.95 bits per heavy atom. The molecule has 0 amide bonds. The molecule has 0 radical (unpaired) electrons. The van der Waals surface area contributed by atoms with Crippen LogP contribution in [0.2, 0.25) is 0 Å². The Morgan fingerprint density at radius 3 is 2.58 bits per heavy atom. The van der Waals surface area contributed by atoms with E-state index < -0.39 is 0 Å². The zero-order chi connectivity index (χ0) is 14.3. The third-order valence-electron chi connectivity index (χ3n) is 3.38. The van der Waals surface area contributed by atoms with Gasteiger partial charge in [-0.25, -0.2) is 0 Å². The summed E-state index contributed by atoms with van der Waals surface area (Å²) in [5.41, 5.74) is 4.23. The third-order valence-corrected chi connectivity index (χ3v) is 4.48. The second-order valence-electron chi connectivity index (χ2n) is 5.73. The highest BCUT2D eigenvalue weighted by molar-refractivity contribution is 7.99. The number of rotatable bonds is 8. The first-order valence-corrected chi connectivity index (χ1v) is 8.58. The maximum absolute atomic E-state index is 3.63. The molecule has 1 aromatic rings. The minimum absolute atomic E-state index is 0.488. The van der Waals surface area contributed by atoms with Crippen molar-refractivity contribution in [2.75, 3.05) is 18.1 Å². The fraction of sp³-hybridized carbons (Fsp3) is 0.647. The van der Waals surface area contributed by atoms with Crippen molar-refractivity contribution in [2.24, 2.45) is 5.92 Å². The molecule has 0 aromatic heterocycles. The first-order valence-electron chi connectivity index (χ1n) is 7.42. The molecule has 19 heavy (non-hydrogen) atoms. The van der Waals surface area contributed by atoms with Crippen LogP contribution in [0.4, 0.5) is 0 Å². The van der Waals surface area contributed by atoms with Gasteiger partial charge in [0, 0.05) is 11.8 Å². The molecule has 0 fully saturated rings. The van der Waals surface area contributed by atoms with Crippen LogP contribution in [0.5, 0.6) is 0 Å². The van der Waals surface area contributed by atoms with E-state index in [9.17, 15) is 0 Å². The SMILES string of the molecule is CCNC(CSCCC(C)C)c1cc(C)ccc1C. The number of benzene rings is 1. The van der Waals surface area contributed by atoms with Crippen LogP contribution in [-0.4, -0.2) is 18.1 Å². The number of thioether (sulfide) groups is 1. The van der Waals surface area contributed by atoms with E-state index >= 15 is 0 Å². The zero-order valence-electron chi connectivity index (χ0n) is 13.1. The number of aryl methyl sites for hydroxylation is 2. The molecule has 0 saturated carbocycles. The van der Waals surface area contributed by atoms with E-state index in [1.165, 1.54) is 34.6 Å². The molecule has 0 aliphatic rings. The highest BCUT2D eigenvalue weighted by atomic mass is 32.2. The lowest BCUT2D eigenvalue weighted by Gasteiger charge is -2.21. The van der Waals surface area contributed by atoms with Crippen molar-refractivity contribution in [1.82, 2.24) is 5.32 Å². The average Bonchev–Trinajstić information content (AvgIpc) is 2.36. The smallest absolute Gasteiger partial charge is 0.0414 e. The van der Waals surface area contributed by atoms with Gasteiger partial charge in [0.2, 0.25) is 0 Å². The maximum Gasteiger partial charge on any atom is 0.0414 e. The molecule has 1 aromatic carbocycles. The zero-order valence-corrected chi connectivity index (χ0v) is 13.9. The Labute approximate surface area is 123 Å². The van der Waals surface area contributed by atoms with Crippen molar-refractivity contribution >= 4 is 11.8 Å². The quantitative estimate of drug-likeness (QED) is 0.690. The van der Waals surface area contributed by atoms with Gasteiger partial charge in [0.1, 0.15) is 0 Å². The molecule has 1 rings (SSSR count). The summed E-state index contributed by atoms with van der Waals surface area (Å²) in [5, 5.41) is 3.63. The maximum atomic E-state index is 3.63. The number of hydrogen-bond acceptors (Lipinski definition) is 2. The van der Waals surface area contributed by atoms with Crippen LogP contribution in [0.15, 0.2) is 18.2 Å². The van der Waals surface area contributed by atoms with Gasteiger partial charge in [-0.15, -0.1) is 0 Å². The second-order valence-corrected chi connectivity index (χ2v) is 6.88. The second kappa shape index (κ2) is 8.65. The molecule has 1 N–H and O–H groups in total. The van der Waals surface area contributed by atoms with Crippen molar-refractivity contribution in [3.63, 3.8) is 0 Å². The molecule has 0 spiro atoms. The molecular formula is C17H29NS. The highest BCUT2D eigenvalue weighted by Gasteiger charge is 2.13. The molecule has 0 heterocycles. The van der Waals surface area contributed by atoms with Gasteiger partial charge in [-0.3, -0.25) is 0 Å². The summed E-state index contributed by atoms with van der Waals surface area (Å²) in [6.45, 7) is 12.2. The lowest BCUT2D eigenvalue weighted by Crippen LogP contribution is -2.24. The van der Waals surface area contributed by atoms with Gasteiger partial charge in [0.25, 0.3) is 0 Å². The van der Waals surface area contributed by atoms with E-state index in [0.717, 1.165) is 12.5 Å². The molecule has 0 saturated heterocycles. The van der Waals surface area contributed by atoms with Crippen LogP contribution >= 0.6 is 11.8 Å². The summed E-state index contributed by atoms with van der Waals surface area (Å²) in [6, 6.07) is 7.27. The molecular weight excluding hydrogens is 250 g/mol. The Balaban J connectivity index is 2.63. The molecule has 2 heteroatoms. The lowest BCUT2D eigenvalue weighted by molar-refractivity contribution is 0.600. The van der Waals surface area contributed by atoms with E-state index in [1.54, 1.807) is 0 Å². The van der Waals surface area contributed by atoms with E-state index in [4.69, 9.17) is 0 Å². The number of hydrogen-bond donors (Lipinski definition) is 1. The van der Waals surface area contributed by atoms with Gasteiger partial charge in [-0.05, 0) is 49.6 Å². The predicted octanol–water partition coefficient (Wildman–Crippen LogP) is 4.73. The molecule has 1 atom stereocenters. The lowest BCUT2D eigenvalue weighted by atomic mass is 10.00. The molecule has 0 aliphatic carbocycles. The minimum atomic E-state index is 0.488. The summed E-state index contributed by atoms with van der Waals surface area (Å²) < 4.78 is 0. The standard InChI is InChI=1S/C17H29NS/c1-6-18-17(12-19-10-9-13(2)3)16-11-14(4)7-8-15(16)5/h7-8,11,13,17-18H,6,9-10,12H2,1-5H3. The Kier molecular flexibility index (Phi) is 7.55. The third kappa shape index (κ3) is 6.01. The van der Waals surface area contributed by atoms with E-state index in [1.807, 2.05) is 0 Å². The highest BCUT2D eigenvalue weighted by Crippen LogP contribution is 2.23. The molecule has 0 aliphatic heterocycles. The van der Waals surface area contributed by atoms with Crippen LogP contribution in [0.1, 0.15) is 49.9 Å². The molecule has 0 bridgehead atoms. The van der Waals surface area contributed by atoms with Crippen LogP contribution in [0.25, 0.3) is 0 Å². The minimum Gasteiger partial charge on any atom is -0.310 e. The summed E-state index contributed by atoms with van der Waals surface area (Å²) >= 11 is 2.08. The predicted molar refractivity (Wildman–Crippen MR) is 89.1 cm³/mol. The van der Waals surface area contributed by atoms with Crippen molar-refractivity contribution in [1.29, 1.82) is 0 Å². The van der Waals surface area contributed by atoms with Crippen molar-refractivity contribution < 1.29 is 0 Å². The van der Waals surface area contributed by atoms with Crippen LogP contribution in [-0.2, 0) is 0 Å². The Hall–Kier alpha value is -0.470. The fourth-order valence-corrected chi connectivity index (χ4v) is 3.50. The molecule has 1 nitrogen and oxygen atoms in total. The van der Waals surface area contributed by atoms with Gasteiger partial charge < -0.3 is 5.32 Å². The van der Waals surface area contributed by atoms with E-state index in [2.05, 4.69) is 69.9 Å². The van der Waals surface area contributed by atoms with Gasteiger partial charge in [-0.1, -0.05) is 44.5 Å². The first kappa shape index (κ1) is 16.6. The van der Waals surface area contributed by atoms with Crippen molar-refractivity contribution in [3.05, 3.63) is 34.9 Å². The van der Waals surface area contributed by atoms with E-state index in [-0.39, 0.29) is 0 Å². The number of nitrogens with one attached hydrogen (secondary N) is 1. The van der Waals surface area contributed by atoms with Gasteiger partial charge >= 0.3 is 0 Å². The van der Waals surface area contributed by atoms with E-state index in [0.29, 0.717) is 6.04 Å². The van der Waals surface area contributed by atoms with Crippen molar-refractivity contribution in [3.8, 4) is 0 Å². The Morgan fingerprint density at radius 1 is 1.21 bits per heavy atom. The van der Waals surface area contributed by atoms with Gasteiger partial charge in [0.05, 0.1) is 0 Å². The summed E-state index contributed by atoms with van der Waals surface area (Å²) in [5.74, 6) is 3.25. The largest absolute Gasteiger partial charge is 0.310 e. The van der Waals surface area contributed by atoms with Gasteiger partial charge in [0.15, 0.2) is 0 Å². The summed E-state index contributed by atoms with van der Waals surface area (Å²) in [4.78, 5) is 0. The van der Waals surface area contributed by atoms with Crippen molar-refractivity contribution in [2.45, 2.75) is 47.1 Å². The fourth-order valence-electron chi connectivity index (χ4n) is 2.16. The normalized spacial score (nSPS) is 12.9. The Bertz CT molecular complexity index is 374. The van der Waals surface area contributed by atoms with Crippen LogP contribution in [0.3, 0.4) is 0 Å². The topological polar surface area (TPSA) is 12.0 Å². The van der Waals surface area contributed by atoms with Crippen LogP contribution in [0, 0.1) is 19.8 Å². The van der Waals surface area contributed by atoms with Crippen LogP contribution < -0.4 is 5.32 Å². The average molecular weight is 279 g/mol. The monoisotopic (exact) mass is 279 g/mol. The summed E-state index contributed by atoms with van der Waals surface area (Å²) in [6.07, 6.45) is 1.32. The molecule has 108 valence electrons. The molecule has 1 unspecified atom stereocenters.